The van der Waals surface area contributed by atoms with E-state index in [-0.39, 0.29) is 6.61 Å². The summed E-state index contributed by atoms with van der Waals surface area (Å²) < 4.78 is 17.7. The molecule has 0 radical (unpaired) electrons. The van der Waals surface area contributed by atoms with Crippen molar-refractivity contribution in [3.8, 4) is 11.4 Å². The molecule has 2 aromatic heterocycles. The van der Waals surface area contributed by atoms with E-state index in [1.54, 1.807) is 24.9 Å². The summed E-state index contributed by atoms with van der Waals surface area (Å²) in [6, 6.07) is 7.53. The predicted octanol–water partition coefficient (Wildman–Crippen LogP) is 2.84. The second-order valence-electron chi connectivity index (χ2n) is 5.30. The van der Waals surface area contributed by atoms with Crippen LogP contribution in [0.5, 0.6) is 5.75 Å². The first-order chi connectivity index (χ1) is 13.2. The number of aromatic nitrogens is 4. The minimum atomic E-state index is -0.803. The fourth-order valence-electron chi connectivity index (χ4n) is 2.51. The maximum atomic E-state index is 12.1. The summed E-state index contributed by atoms with van der Waals surface area (Å²) in [5, 5.41) is 5.73. The number of ether oxygens (including phenoxy) is 3. The van der Waals surface area contributed by atoms with Gasteiger partial charge in [0, 0.05) is 6.61 Å². The minimum Gasteiger partial charge on any atom is -0.494 e. The molecule has 0 N–H and O–H groups in total. The molecular formula is C18H20N4O4S. The van der Waals surface area contributed by atoms with Gasteiger partial charge in [-0.05, 0) is 26.0 Å². The second kappa shape index (κ2) is 8.83. The zero-order valence-corrected chi connectivity index (χ0v) is 16.1. The first kappa shape index (κ1) is 19.1. The highest BCUT2D eigenvalue weighted by atomic mass is 32.2. The number of rotatable bonds is 8. The van der Waals surface area contributed by atoms with E-state index in [9.17, 15) is 4.79 Å². The summed E-state index contributed by atoms with van der Waals surface area (Å²) in [4.78, 5) is 20.8. The van der Waals surface area contributed by atoms with Gasteiger partial charge in [-0.3, -0.25) is 0 Å². The molecule has 0 spiro atoms. The number of carbonyl (C=O) groups excluding carboxylic acids is 1. The molecule has 1 atom stereocenters. The van der Waals surface area contributed by atoms with E-state index in [2.05, 4.69) is 15.1 Å². The summed E-state index contributed by atoms with van der Waals surface area (Å²) in [6.45, 7) is 4.24. The Morgan fingerprint density at radius 3 is 2.78 bits per heavy atom. The molecule has 27 heavy (non-hydrogen) atoms. The molecule has 0 aliphatic rings. The van der Waals surface area contributed by atoms with Crippen LogP contribution in [0.2, 0.25) is 0 Å². The minimum absolute atomic E-state index is 0.286. The third-order valence-electron chi connectivity index (χ3n) is 3.66. The van der Waals surface area contributed by atoms with Crippen molar-refractivity contribution in [3.05, 3.63) is 36.8 Å². The number of hydrogen-bond donors (Lipinski definition) is 0. The third-order valence-corrected chi connectivity index (χ3v) is 4.75. The molecule has 9 heteroatoms. The van der Waals surface area contributed by atoms with E-state index in [1.807, 2.05) is 31.2 Å². The molecule has 0 saturated heterocycles. The molecule has 3 aromatic rings. The average Bonchev–Trinajstić information content (AvgIpc) is 3.12. The van der Waals surface area contributed by atoms with Crippen LogP contribution in [0.4, 0.5) is 0 Å². The van der Waals surface area contributed by atoms with Crippen molar-refractivity contribution < 1.29 is 19.0 Å². The van der Waals surface area contributed by atoms with Gasteiger partial charge in [0.25, 0.3) is 0 Å². The molecule has 0 saturated carbocycles. The molecule has 0 aliphatic heterocycles. The van der Waals surface area contributed by atoms with Crippen LogP contribution in [0.1, 0.15) is 13.8 Å². The van der Waals surface area contributed by atoms with Gasteiger partial charge in [-0.25, -0.2) is 19.4 Å². The lowest BCUT2D eigenvalue weighted by Gasteiger charge is -2.14. The highest BCUT2D eigenvalue weighted by Gasteiger charge is 2.24. The Hall–Kier alpha value is -2.65. The normalized spacial score (nSPS) is 12.1. The van der Waals surface area contributed by atoms with Crippen molar-refractivity contribution in [3.63, 3.8) is 0 Å². The van der Waals surface area contributed by atoms with Gasteiger partial charge in [0.2, 0.25) is 5.44 Å². The topological polar surface area (TPSA) is 88.4 Å². The Morgan fingerprint density at radius 1 is 1.22 bits per heavy atom. The van der Waals surface area contributed by atoms with Gasteiger partial charge in [0.15, 0.2) is 5.65 Å². The van der Waals surface area contributed by atoms with Crippen molar-refractivity contribution in [2.45, 2.75) is 24.3 Å². The Morgan fingerprint density at radius 2 is 2.04 bits per heavy atom. The number of carbonyl (C=O) groups is 1. The second-order valence-corrected chi connectivity index (χ2v) is 6.35. The highest BCUT2D eigenvalue weighted by Crippen LogP contribution is 2.31. The molecule has 142 valence electrons. The van der Waals surface area contributed by atoms with Crippen LogP contribution in [0.25, 0.3) is 16.7 Å². The molecule has 3 rings (SSSR count). The number of fused-ring (bicyclic) bond motifs is 1. The van der Waals surface area contributed by atoms with E-state index in [0.717, 1.165) is 5.69 Å². The van der Waals surface area contributed by atoms with Crippen LogP contribution in [0.3, 0.4) is 0 Å². The van der Waals surface area contributed by atoms with Crippen molar-refractivity contribution in [1.82, 2.24) is 19.7 Å². The van der Waals surface area contributed by atoms with Crippen molar-refractivity contribution in [1.29, 1.82) is 0 Å². The number of nitrogens with zero attached hydrogens (tertiary/aromatic N) is 4. The molecule has 0 bridgehead atoms. The first-order valence-electron chi connectivity index (χ1n) is 8.46. The van der Waals surface area contributed by atoms with Crippen LogP contribution in [0.15, 0.2) is 41.8 Å². The smallest absolute Gasteiger partial charge is 0.346 e. The number of benzene rings is 1. The van der Waals surface area contributed by atoms with Crippen LogP contribution in [-0.2, 0) is 14.3 Å². The predicted molar refractivity (Wildman–Crippen MR) is 101 cm³/mol. The van der Waals surface area contributed by atoms with Crippen LogP contribution < -0.4 is 4.74 Å². The highest BCUT2D eigenvalue weighted by molar-refractivity contribution is 8.00. The van der Waals surface area contributed by atoms with Gasteiger partial charge < -0.3 is 14.2 Å². The largest absolute Gasteiger partial charge is 0.494 e. The van der Waals surface area contributed by atoms with E-state index in [1.165, 1.54) is 18.1 Å². The fraction of sp³-hybridized carbons (Fsp3) is 0.333. The van der Waals surface area contributed by atoms with Gasteiger partial charge in [-0.2, -0.15) is 5.10 Å². The summed E-state index contributed by atoms with van der Waals surface area (Å²) in [5.41, 5.74) is 0.565. The average molecular weight is 388 g/mol. The lowest BCUT2D eigenvalue weighted by atomic mass is 10.3. The maximum absolute atomic E-state index is 12.1. The molecule has 0 aliphatic carbocycles. The van der Waals surface area contributed by atoms with Crippen LogP contribution >= 0.6 is 11.8 Å². The summed E-state index contributed by atoms with van der Waals surface area (Å²) in [6.07, 6.45) is 3.10. The van der Waals surface area contributed by atoms with Gasteiger partial charge in [-0.15, -0.1) is 0 Å². The lowest BCUT2D eigenvalue weighted by Crippen LogP contribution is -2.23. The van der Waals surface area contributed by atoms with E-state index in [0.29, 0.717) is 28.4 Å². The number of hydrogen-bond acceptors (Lipinski definition) is 8. The van der Waals surface area contributed by atoms with E-state index in [4.69, 9.17) is 14.2 Å². The Balaban J connectivity index is 1.99. The molecule has 8 nitrogen and oxygen atoms in total. The lowest BCUT2D eigenvalue weighted by molar-refractivity contribution is -0.150. The maximum Gasteiger partial charge on any atom is 0.346 e. The van der Waals surface area contributed by atoms with Crippen LogP contribution in [-0.4, -0.2) is 51.5 Å². The monoisotopic (exact) mass is 388 g/mol. The quantitative estimate of drug-likeness (QED) is 0.252. The Bertz CT molecular complexity index is 931. The van der Waals surface area contributed by atoms with E-state index < -0.39 is 11.4 Å². The zero-order valence-electron chi connectivity index (χ0n) is 15.3. The standard InChI is InChI=1S/C18H20N4O4S/c1-4-25-17(23)18(26-5-2)27-16-12-10-21-22(15(12)19-11-20-16)13-8-6-7-9-14(13)24-3/h6-11,18H,4-5H2,1-3H3. The zero-order chi connectivity index (χ0) is 19.2. The van der Waals surface area contributed by atoms with Gasteiger partial charge >= 0.3 is 5.97 Å². The number of thioether (sulfide) groups is 1. The third kappa shape index (κ3) is 4.04. The summed E-state index contributed by atoms with van der Waals surface area (Å²) in [7, 11) is 1.60. The first-order valence-corrected chi connectivity index (χ1v) is 9.34. The SMILES string of the molecule is CCOC(=O)C(OCC)Sc1ncnc2c1cnn2-c1ccccc1OC. The van der Waals surface area contributed by atoms with E-state index >= 15 is 0 Å². The molecule has 1 unspecified atom stereocenters. The van der Waals surface area contributed by atoms with Gasteiger partial charge in [-0.1, -0.05) is 23.9 Å². The Labute approximate surface area is 160 Å². The molecule has 1 aromatic carbocycles. The van der Waals surface area contributed by atoms with Crippen molar-refractivity contribution in [2.75, 3.05) is 20.3 Å². The van der Waals surface area contributed by atoms with Crippen molar-refractivity contribution in [2.24, 2.45) is 0 Å². The summed E-state index contributed by atoms with van der Waals surface area (Å²) in [5.74, 6) is 0.238. The molecule has 0 amide bonds. The fourth-order valence-corrected chi connectivity index (χ4v) is 3.46. The van der Waals surface area contributed by atoms with Gasteiger partial charge in [0.05, 0.1) is 25.3 Å². The molecule has 0 fully saturated rings. The van der Waals surface area contributed by atoms with Gasteiger partial charge in [0.1, 0.15) is 22.8 Å². The molecular weight excluding hydrogens is 368 g/mol. The van der Waals surface area contributed by atoms with Crippen molar-refractivity contribution >= 4 is 28.8 Å². The summed E-state index contributed by atoms with van der Waals surface area (Å²) >= 11 is 1.18. The number of esters is 1. The number of para-hydroxylation sites is 2. The number of methoxy groups -OCH3 is 1. The van der Waals surface area contributed by atoms with Crippen LogP contribution in [0, 0.1) is 0 Å². The Kier molecular flexibility index (Phi) is 6.25. The molecule has 2 heterocycles.